The van der Waals surface area contributed by atoms with E-state index in [1.54, 1.807) is 12.4 Å². The lowest BCUT2D eigenvalue weighted by molar-refractivity contribution is 0.490. The average Bonchev–Trinajstić information content (AvgIpc) is 2.67. The van der Waals surface area contributed by atoms with Gasteiger partial charge in [-0.15, -0.1) is 0 Å². The third-order valence-corrected chi connectivity index (χ3v) is 4.49. The number of pyridine rings is 2. The van der Waals surface area contributed by atoms with Crippen LogP contribution in [-0.4, -0.2) is 9.97 Å². The van der Waals surface area contributed by atoms with Gasteiger partial charge in [0, 0.05) is 26.1 Å². The molecule has 0 saturated carbocycles. The van der Waals surface area contributed by atoms with Crippen LogP contribution >= 0.6 is 0 Å². The third kappa shape index (κ3) is 2.19. The van der Waals surface area contributed by atoms with Crippen LogP contribution in [0.2, 0.25) is 0 Å². The van der Waals surface area contributed by atoms with Gasteiger partial charge in [-0.05, 0) is 59.6 Å². The molecule has 0 aliphatic carbocycles. The standard InChI is InChI=1S/C22H18N2O/c1-13(2)10-14-11-15-7-9-24-21-17-5-6-18-16(4-3-8-23-18)22(17)25-19(12-14)20(15)21/h3-9,11-13H,10H2,1-2H3/i10D2. The van der Waals surface area contributed by atoms with Crippen LogP contribution in [0.4, 0.5) is 0 Å². The smallest absolute Gasteiger partial charge is 0.146 e. The maximum Gasteiger partial charge on any atom is 0.146 e. The summed E-state index contributed by atoms with van der Waals surface area (Å²) in [6.07, 6.45) is 2.09. The summed E-state index contributed by atoms with van der Waals surface area (Å²) in [6, 6.07) is 13.5. The monoisotopic (exact) mass is 328 g/mol. The molecule has 0 radical (unpaired) electrons. The van der Waals surface area contributed by atoms with E-state index in [1.807, 2.05) is 56.3 Å². The van der Waals surface area contributed by atoms with E-state index in [0.29, 0.717) is 11.3 Å². The lowest BCUT2D eigenvalue weighted by atomic mass is 9.94. The molecule has 1 aliphatic rings. The van der Waals surface area contributed by atoms with E-state index in [-0.39, 0.29) is 5.92 Å². The van der Waals surface area contributed by atoms with Gasteiger partial charge in [-0.3, -0.25) is 9.97 Å². The third-order valence-electron chi connectivity index (χ3n) is 4.49. The average molecular weight is 328 g/mol. The fourth-order valence-electron chi connectivity index (χ4n) is 3.51. The van der Waals surface area contributed by atoms with Crippen LogP contribution in [0.25, 0.3) is 32.9 Å². The Balaban J connectivity index is 1.84. The van der Waals surface area contributed by atoms with Gasteiger partial charge in [0.2, 0.25) is 0 Å². The Labute approximate surface area is 149 Å². The van der Waals surface area contributed by atoms with E-state index in [0.717, 1.165) is 38.7 Å². The van der Waals surface area contributed by atoms with Gasteiger partial charge < -0.3 is 4.74 Å². The fraction of sp³-hybridized carbons (Fsp3) is 0.182. The van der Waals surface area contributed by atoms with Crippen LogP contribution in [0.3, 0.4) is 0 Å². The number of hydrogen-bond acceptors (Lipinski definition) is 3. The van der Waals surface area contributed by atoms with Crippen molar-refractivity contribution in [3.05, 3.63) is 60.4 Å². The summed E-state index contributed by atoms with van der Waals surface area (Å²) in [6.45, 7) is 3.78. The molecule has 3 heteroatoms. The quantitative estimate of drug-likeness (QED) is 0.413. The first kappa shape index (κ1) is 12.4. The van der Waals surface area contributed by atoms with Crippen molar-refractivity contribution in [2.45, 2.75) is 20.2 Å². The van der Waals surface area contributed by atoms with Crippen LogP contribution in [0.15, 0.2) is 54.9 Å². The summed E-state index contributed by atoms with van der Waals surface area (Å²) in [7, 11) is 0. The molecule has 0 amide bonds. The predicted octanol–water partition coefficient (Wildman–Crippen LogP) is 5.75. The molecule has 1 aliphatic heterocycles. The van der Waals surface area contributed by atoms with E-state index < -0.39 is 6.37 Å². The van der Waals surface area contributed by atoms with Gasteiger partial charge in [0.25, 0.3) is 0 Å². The first-order valence-corrected chi connectivity index (χ1v) is 8.46. The molecule has 122 valence electrons. The molecule has 3 nitrogen and oxygen atoms in total. The first-order chi connectivity index (χ1) is 13.0. The molecule has 0 unspecified atom stereocenters. The van der Waals surface area contributed by atoms with Gasteiger partial charge in [0.05, 0.1) is 16.6 Å². The van der Waals surface area contributed by atoms with Crippen molar-refractivity contribution in [2.75, 3.05) is 0 Å². The van der Waals surface area contributed by atoms with Gasteiger partial charge in [-0.1, -0.05) is 19.9 Å². The van der Waals surface area contributed by atoms with Crippen LogP contribution in [0, 0.1) is 5.92 Å². The Bertz CT molecular complexity index is 1220. The summed E-state index contributed by atoms with van der Waals surface area (Å²) in [5, 5.41) is 2.79. The zero-order valence-corrected chi connectivity index (χ0v) is 14.1. The Morgan fingerprint density at radius 2 is 2.00 bits per heavy atom. The number of fused-ring (bicyclic) bond motifs is 4. The van der Waals surface area contributed by atoms with E-state index in [4.69, 9.17) is 7.48 Å². The zero-order valence-electron chi connectivity index (χ0n) is 16.1. The Kier molecular flexibility index (Phi) is 2.62. The van der Waals surface area contributed by atoms with Crippen molar-refractivity contribution < 1.29 is 7.48 Å². The highest BCUT2D eigenvalue weighted by molar-refractivity contribution is 6.06. The predicted molar refractivity (Wildman–Crippen MR) is 101 cm³/mol. The topological polar surface area (TPSA) is 35.0 Å². The SMILES string of the molecule is [2H]C([2H])(c1cc2c3c(nccc3c1)-c1ccc3ncccc3c1O2)C(C)C. The summed E-state index contributed by atoms with van der Waals surface area (Å²) >= 11 is 0. The molecule has 3 heterocycles. The highest BCUT2D eigenvalue weighted by atomic mass is 16.5. The van der Waals surface area contributed by atoms with Gasteiger partial charge in [0.1, 0.15) is 11.5 Å². The summed E-state index contributed by atoms with van der Waals surface area (Å²) in [5.41, 5.74) is 3.29. The minimum absolute atomic E-state index is 0.149. The van der Waals surface area contributed by atoms with Gasteiger partial charge in [-0.2, -0.15) is 0 Å². The van der Waals surface area contributed by atoms with E-state index in [1.165, 1.54) is 0 Å². The number of aromatic nitrogens is 2. The molecule has 25 heavy (non-hydrogen) atoms. The maximum atomic E-state index is 8.50. The molecule has 0 saturated heterocycles. The molecule has 0 fully saturated rings. The summed E-state index contributed by atoms with van der Waals surface area (Å²) in [5.74, 6) is 1.23. The number of hydrogen-bond donors (Lipinski definition) is 0. The van der Waals surface area contributed by atoms with Crippen molar-refractivity contribution in [1.29, 1.82) is 0 Å². The van der Waals surface area contributed by atoms with Crippen LogP contribution in [0.1, 0.15) is 22.2 Å². The number of nitrogens with zero attached hydrogens (tertiary/aromatic N) is 2. The molecule has 2 aromatic heterocycles. The van der Waals surface area contributed by atoms with Crippen LogP contribution in [0.5, 0.6) is 11.5 Å². The second-order valence-electron chi connectivity index (χ2n) is 6.65. The maximum absolute atomic E-state index is 8.50. The Hall–Kier alpha value is -2.94. The number of benzene rings is 2. The van der Waals surface area contributed by atoms with E-state index >= 15 is 0 Å². The van der Waals surface area contributed by atoms with Crippen molar-refractivity contribution >= 4 is 21.7 Å². The molecule has 5 rings (SSSR count). The number of ether oxygens (including phenoxy) is 1. The van der Waals surface area contributed by atoms with Crippen molar-refractivity contribution in [1.82, 2.24) is 9.97 Å². The minimum atomic E-state index is -1.45. The molecular weight excluding hydrogens is 308 g/mol. The Morgan fingerprint density at radius 1 is 1.08 bits per heavy atom. The molecule has 0 bridgehead atoms. The molecule has 0 atom stereocenters. The van der Waals surface area contributed by atoms with Crippen molar-refractivity contribution in [2.24, 2.45) is 5.92 Å². The Morgan fingerprint density at radius 3 is 2.88 bits per heavy atom. The minimum Gasteiger partial charge on any atom is -0.455 e. The highest BCUT2D eigenvalue weighted by Gasteiger charge is 2.23. The van der Waals surface area contributed by atoms with Crippen molar-refractivity contribution in [3.8, 4) is 22.8 Å². The largest absolute Gasteiger partial charge is 0.455 e. The fourth-order valence-corrected chi connectivity index (χ4v) is 3.51. The summed E-state index contributed by atoms with van der Waals surface area (Å²) < 4.78 is 23.3. The molecule has 2 aromatic carbocycles. The highest BCUT2D eigenvalue weighted by Crippen LogP contribution is 2.48. The lowest BCUT2D eigenvalue weighted by Gasteiger charge is -2.22. The number of rotatable bonds is 2. The van der Waals surface area contributed by atoms with Crippen molar-refractivity contribution in [3.63, 3.8) is 0 Å². The first-order valence-electron chi connectivity index (χ1n) is 9.46. The van der Waals surface area contributed by atoms with E-state index in [9.17, 15) is 0 Å². The molecule has 0 spiro atoms. The van der Waals surface area contributed by atoms with E-state index in [2.05, 4.69) is 9.97 Å². The molecular formula is C22H18N2O. The van der Waals surface area contributed by atoms with Crippen LogP contribution in [-0.2, 0) is 6.37 Å². The normalized spacial score (nSPS) is 14.2. The van der Waals surface area contributed by atoms with Gasteiger partial charge >= 0.3 is 0 Å². The lowest BCUT2D eigenvalue weighted by Crippen LogP contribution is -2.02. The molecule has 4 aromatic rings. The van der Waals surface area contributed by atoms with Crippen LogP contribution < -0.4 is 4.74 Å². The zero-order chi connectivity index (χ0) is 18.8. The van der Waals surface area contributed by atoms with Gasteiger partial charge in [-0.25, -0.2) is 0 Å². The molecule has 0 N–H and O–H groups in total. The summed E-state index contributed by atoms with van der Waals surface area (Å²) in [4.78, 5) is 9.03. The van der Waals surface area contributed by atoms with Gasteiger partial charge in [0.15, 0.2) is 0 Å². The second kappa shape index (κ2) is 5.28. The second-order valence-corrected chi connectivity index (χ2v) is 6.65.